The molecule has 1 saturated heterocycles. The number of nitrogens with zero attached hydrogens (tertiary/aromatic N) is 3. The Morgan fingerprint density at radius 3 is 2.96 bits per heavy atom. The Morgan fingerprint density at radius 2 is 2.20 bits per heavy atom. The van der Waals surface area contributed by atoms with Crippen LogP contribution in [-0.4, -0.2) is 42.2 Å². The molecule has 0 saturated carbocycles. The van der Waals surface area contributed by atoms with Crippen LogP contribution in [0.15, 0.2) is 53.6 Å². The van der Waals surface area contributed by atoms with E-state index in [0.29, 0.717) is 6.54 Å². The Labute approximate surface area is 154 Å². The lowest BCUT2D eigenvalue weighted by Gasteiger charge is -2.34. The number of carbonyl (C=O) groups is 1. The van der Waals surface area contributed by atoms with Gasteiger partial charge in [0.2, 0.25) is 5.91 Å². The first-order chi connectivity index (χ1) is 12.2. The molecule has 0 unspecified atom stereocenters. The third-order valence-corrected chi connectivity index (χ3v) is 5.40. The molecule has 1 amide bonds. The molecule has 25 heavy (non-hydrogen) atoms. The van der Waals surface area contributed by atoms with E-state index in [0.717, 1.165) is 31.7 Å². The van der Waals surface area contributed by atoms with Crippen LogP contribution in [0.25, 0.3) is 0 Å². The van der Waals surface area contributed by atoms with Crippen molar-refractivity contribution in [3.05, 3.63) is 54.2 Å². The highest BCUT2D eigenvalue weighted by Gasteiger charge is 2.28. The summed E-state index contributed by atoms with van der Waals surface area (Å²) in [6.07, 6.45) is 5.87. The Balaban J connectivity index is 1.63. The van der Waals surface area contributed by atoms with Gasteiger partial charge in [-0.25, -0.2) is 4.98 Å². The van der Waals surface area contributed by atoms with Gasteiger partial charge in [-0.1, -0.05) is 18.2 Å². The summed E-state index contributed by atoms with van der Waals surface area (Å²) in [4.78, 5) is 22.7. The van der Waals surface area contributed by atoms with Crippen LogP contribution in [0.4, 0.5) is 5.82 Å². The number of amides is 1. The number of thioether (sulfide) groups is 1. The first-order valence-corrected chi connectivity index (χ1v) is 9.93. The average Bonchev–Trinajstić information content (AvgIpc) is 2.68. The zero-order valence-electron chi connectivity index (χ0n) is 14.9. The van der Waals surface area contributed by atoms with E-state index in [2.05, 4.69) is 40.4 Å². The van der Waals surface area contributed by atoms with E-state index in [1.54, 1.807) is 11.8 Å². The molecule has 2 aromatic rings. The summed E-state index contributed by atoms with van der Waals surface area (Å²) in [5.41, 5.74) is 1.18. The Kier molecular flexibility index (Phi) is 5.97. The van der Waals surface area contributed by atoms with E-state index in [4.69, 9.17) is 0 Å². The molecule has 0 bridgehead atoms. The quantitative estimate of drug-likeness (QED) is 0.767. The minimum Gasteiger partial charge on any atom is -0.356 e. The van der Waals surface area contributed by atoms with Gasteiger partial charge in [0.25, 0.3) is 0 Å². The molecule has 1 fully saturated rings. The fraction of sp³-hybridized carbons (Fsp3) is 0.400. The molecule has 1 atom stereocenters. The van der Waals surface area contributed by atoms with E-state index in [9.17, 15) is 4.79 Å². The SMILES string of the molecule is CSc1cccc(CN(C)C(=O)[C@H]2CCCN(c3ccccn3)C2)c1. The fourth-order valence-corrected chi connectivity index (χ4v) is 3.85. The lowest BCUT2D eigenvalue weighted by Crippen LogP contribution is -2.43. The van der Waals surface area contributed by atoms with Gasteiger partial charge in [0.05, 0.1) is 5.92 Å². The van der Waals surface area contributed by atoms with Crippen molar-refractivity contribution in [2.75, 3.05) is 31.3 Å². The lowest BCUT2D eigenvalue weighted by atomic mass is 9.96. The molecular formula is C20H25N3OS. The largest absolute Gasteiger partial charge is 0.356 e. The first-order valence-electron chi connectivity index (χ1n) is 8.71. The van der Waals surface area contributed by atoms with E-state index >= 15 is 0 Å². The number of aromatic nitrogens is 1. The summed E-state index contributed by atoms with van der Waals surface area (Å²) in [5.74, 6) is 1.25. The average molecular weight is 356 g/mol. The molecule has 0 N–H and O–H groups in total. The number of piperidine rings is 1. The third-order valence-electron chi connectivity index (χ3n) is 4.67. The number of pyridine rings is 1. The molecular weight excluding hydrogens is 330 g/mol. The zero-order valence-corrected chi connectivity index (χ0v) is 15.7. The highest BCUT2D eigenvalue weighted by molar-refractivity contribution is 7.98. The van der Waals surface area contributed by atoms with Crippen LogP contribution in [0.2, 0.25) is 0 Å². The summed E-state index contributed by atoms with van der Waals surface area (Å²) in [7, 11) is 1.91. The number of hydrogen-bond acceptors (Lipinski definition) is 4. The van der Waals surface area contributed by atoms with Crippen LogP contribution in [-0.2, 0) is 11.3 Å². The van der Waals surface area contributed by atoms with E-state index in [-0.39, 0.29) is 11.8 Å². The molecule has 132 valence electrons. The number of hydrogen-bond donors (Lipinski definition) is 0. The molecule has 3 rings (SSSR count). The monoisotopic (exact) mass is 355 g/mol. The summed E-state index contributed by atoms with van der Waals surface area (Å²) in [6.45, 7) is 2.39. The smallest absolute Gasteiger partial charge is 0.227 e. The van der Waals surface area contributed by atoms with Crippen molar-refractivity contribution < 1.29 is 4.79 Å². The van der Waals surface area contributed by atoms with E-state index in [1.807, 2.05) is 36.3 Å². The highest BCUT2D eigenvalue weighted by atomic mass is 32.2. The number of benzene rings is 1. The molecule has 1 aliphatic rings. The molecule has 2 heterocycles. The van der Waals surface area contributed by atoms with Crippen molar-refractivity contribution >= 4 is 23.5 Å². The van der Waals surface area contributed by atoms with Crippen LogP contribution >= 0.6 is 11.8 Å². The van der Waals surface area contributed by atoms with Crippen molar-refractivity contribution in [3.8, 4) is 0 Å². The summed E-state index contributed by atoms with van der Waals surface area (Å²) in [6, 6.07) is 14.3. The summed E-state index contributed by atoms with van der Waals surface area (Å²) < 4.78 is 0. The van der Waals surface area contributed by atoms with Crippen LogP contribution < -0.4 is 4.90 Å². The van der Waals surface area contributed by atoms with Gasteiger partial charge in [-0.15, -0.1) is 11.8 Å². The Hall–Kier alpha value is -2.01. The predicted octanol–water partition coefficient (Wildman–Crippen LogP) is 3.68. The van der Waals surface area contributed by atoms with Crippen LogP contribution in [0.5, 0.6) is 0 Å². The normalized spacial score (nSPS) is 17.4. The van der Waals surface area contributed by atoms with Gasteiger partial charge in [-0.3, -0.25) is 4.79 Å². The number of anilines is 1. The fourth-order valence-electron chi connectivity index (χ4n) is 3.36. The first kappa shape index (κ1) is 17.8. The third kappa shape index (κ3) is 4.54. The number of carbonyl (C=O) groups excluding carboxylic acids is 1. The Morgan fingerprint density at radius 1 is 1.32 bits per heavy atom. The zero-order chi connectivity index (χ0) is 17.6. The molecule has 5 heteroatoms. The second kappa shape index (κ2) is 8.39. The van der Waals surface area contributed by atoms with Crippen LogP contribution in [0.3, 0.4) is 0 Å². The summed E-state index contributed by atoms with van der Waals surface area (Å²) >= 11 is 1.73. The van der Waals surface area contributed by atoms with Gasteiger partial charge in [-0.2, -0.15) is 0 Å². The van der Waals surface area contributed by atoms with Crippen molar-refractivity contribution in [1.29, 1.82) is 0 Å². The lowest BCUT2D eigenvalue weighted by molar-refractivity contribution is -0.135. The molecule has 1 aliphatic heterocycles. The maximum absolute atomic E-state index is 12.9. The molecule has 0 spiro atoms. The Bertz CT molecular complexity index is 707. The highest BCUT2D eigenvalue weighted by Crippen LogP contribution is 2.23. The minimum atomic E-state index is 0.0458. The molecule has 4 nitrogen and oxygen atoms in total. The molecule has 1 aromatic heterocycles. The van der Waals surface area contributed by atoms with Gasteiger partial charge >= 0.3 is 0 Å². The minimum absolute atomic E-state index is 0.0458. The molecule has 1 aromatic carbocycles. The maximum atomic E-state index is 12.9. The predicted molar refractivity (Wildman–Crippen MR) is 104 cm³/mol. The number of rotatable bonds is 5. The topological polar surface area (TPSA) is 36.4 Å². The van der Waals surface area contributed by atoms with Gasteiger partial charge < -0.3 is 9.80 Å². The van der Waals surface area contributed by atoms with Gasteiger partial charge in [-0.05, 0) is 48.9 Å². The van der Waals surface area contributed by atoms with E-state index < -0.39 is 0 Å². The van der Waals surface area contributed by atoms with Crippen LogP contribution in [0.1, 0.15) is 18.4 Å². The van der Waals surface area contributed by atoms with Gasteiger partial charge in [0.15, 0.2) is 0 Å². The van der Waals surface area contributed by atoms with Crippen molar-refractivity contribution in [2.24, 2.45) is 5.92 Å². The standard InChI is InChI=1S/C20H25N3OS/c1-22(14-16-7-5-9-18(13-16)25-2)20(24)17-8-6-12-23(15-17)19-10-3-4-11-21-19/h3-5,7,9-11,13,17H,6,8,12,14-15H2,1-2H3/t17-/m0/s1. The maximum Gasteiger partial charge on any atom is 0.227 e. The van der Waals surface area contributed by atoms with E-state index in [1.165, 1.54) is 10.5 Å². The van der Waals surface area contributed by atoms with Crippen molar-refractivity contribution in [2.45, 2.75) is 24.3 Å². The van der Waals surface area contributed by atoms with Crippen molar-refractivity contribution in [3.63, 3.8) is 0 Å². The van der Waals surface area contributed by atoms with Gasteiger partial charge in [0.1, 0.15) is 5.82 Å². The van der Waals surface area contributed by atoms with Crippen LogP contribution in [0, 0.1) is 5.92 Å². The molecule has 0 radical (unpaired) electrons. The van der Waals surface area contributed by atoms with Gasteiger partial charge in [0, 0.05) is 37.8 Å². The van der Waals surface area contributed by atoms with Crippen molar-refractivity contribution in [1.82, 2.24) is 9.88 Å². The second-order valence-corrected chi connectivity index (χ2v) is 7.40. The summed E-state index contributed by atoms with van der Waals surface area (Å²) in [5, 5.41) is 0. The second-order valence-electron chi connectivity index (χ2n) is 6.52. The molecule has 0 aliphatic carbocycles.